The molecular formula is C21H35NO3. The van der Waals surface area contributed by atoms with Crippen molar-refractivity contribution in [1.82, 2.24) is 0 Å². The zero-order valence-electron chi connectivity index (χ0n) is 15.9. The number of hydrogen-bond donors (Lipinski definition) is 2. The van der Waals surface area contributed by atoms with E-state index in [1.54, 1.807) is 0 Å². The van der Waals surface area contributed by atoms with Crippen molar-refractivity contribution in [3.8, 4) is 0 Å². The van der Waals surface area contributed by atoms with Crippen molar-refractivity contribution < 1.29 is 14.6 Å². The lowest BCUT2D eigenvalue weighted by atomic mass is 9.86. The predicted octanol–water partition coefficient (Wildman–Crippen LogP) is 3.51. The number of aliphatic hydroxyl groups excluding tert-OH is 1. The van der Waals surface area contributed by atoms with Crippen molar-refractivity contribution >= 4 is 0 Å². The molecule has 0 radical (unpaired) electrons. The van der Waals surface area contributed by atoms with E-state index < -0.39 is 6.29 Å². The zero-order chi connectivity index (χ0) is 18.2. The third kappa shape index (κ3) is 6.70. The van der Waals surface area contributed by atoms with E-state index in [-0.39, 0.29) is 24.2 Å². The molecule has 1 aromatic rings. The molecule has 1 aromatic carbocycles. The summed E-state index contributed by atoms with van der Waals surface area (Å²) in [4.78, 5) is 0. The normalized spacial score (nSPS) is 31.4. The molecule has 1 aliphatic heterocycles. The van der Waals surface area contributed by atoms with Crippen LogP contribution >= 0.6 is 0 Å². The quantitative estimate of drug-likeness (QED) is 0.825. The Kier molecular flexibility index (Phi) is 8.37. The highest BCUT2D eigenvalue weighted by Crippen LogP contribution is 2.29. The molecule has 0 saturated carbocycles. The van der Waals surface area contributed by atoms with Gasteiger partial charge in [-0.3, -0.25) is 0 Å². The van der Waals surface area contributed by atoms with Gasteiger partial charge in [-0.25, -0.2) is 0 Å². The second-order valence-corrected chi connectivity index (χ2v) is 7.75. The van der Waals surface area contributed by atoms with Crippen molar-refractivity contribution in [1.29, 1.82) is 0 Å². The Labute approximate surface area is 152 Å². The Hall–Kier alpha value is -0.940. The highest BCUT2D eigenvalue weighted by atomic mass is 16.6. The third-order valence-corrected chi connectivity index (χ3v) is 5.22. The summed E-state index contributed by atoms with van der Waals surface area (Å²) in [5.41, 5.74) is 7.33. The molecule has 4 heteroatoms. The topological polar surface area (TPSA) is 64.7 Å². The standard InChI is InChI=1S/C21H35NO3/c1-15(2)9-11-18-16(3)25-21(23)19(22)13-14-24-20(18)12-10-17-7-5-4-6-8-17/h4-8,15-16,18-21,23H,9-14,22H2,1-3H3/t16-,18-,19-,20+,21?/m0/s1. The van der Waals surface area contributed by atoms with Crippen LogP contribution in [0, 0.1) is 11.8 Å². The van der Waals surface area contributed by atoms with Crippen LogP contribution in [-0.2, 0) is 15.9 Å². The maximum atomic E-state index is 10.2. The number of aliphatic hydroxyl groups is 1. The van der Waals surface area contributed by atoms with Crippen LogP contribution < -0.4 is 5.73 Å². The van der Waals surface area contributed by atoms with Crippen LogP contribution in [0.15, 0.2) is 30.3 Å². The van der Waals surface area contributed by atoms with Gasteiger partial charge in [-0.05, 0) is 44.1 Å². The Balaban J connectivity index is 2.08. The van der Waals surface area contributed by atoms with Crippen LogP contribution in [0.25, 0.3) is 0 Å². The molecule has 2 rings (SSSR count). The summed E-state index contributed by atoms with van der Waals surface area (Å²) in [6, 6.07) is 10.1. The maximum Gasteiger partial charge on any atom is 0.170 e. The number of nitrogens with two attached hydrogens (primary N) is 1. The molecule has 0 amide bonds. The van der Waals surface area contributed by atoms with Gasteiger partial charge >= 0.3 is 0 Å². The van der Waals surface area contributed by atoms with Crippen LogP contribution in [0.3, 0.4) is 0 Å². The summed E-state index contributed by atoms with van der Waals surface area (Å²) in [6.07, 6.45) is 3.90. The number of aryl methyl sites for hydroxylation is 1. The molecule has 1 fully saturated rings. The van der Waals surface area contributed by atoms with Gasteiger partial charge in [-0.2, -0.15) is 0 Å². The minimum Gasteiger partial charge on any atom is -0.378 e. The van der Waals surface area contributed by atoms with E-state index in [9.17, 15) is 5.11 Å². The van der Waals surface area contributed by atoms with Crippen molar-refractivity contribution in [3.05, 3.63) is 35.9 Å². The predicted molar refractivity (Wildman–Crippen MR) is 101 cm³/mol. The second kappa shape index (κ2) is 10.3. The van der Waals surface area contributed by atoms with E-state index in [0.717, 1.165) is 25.7 Å². The first kappa shape index (κ1) is 20.4. The molecule has 1 saturated heterocycles. The fourth-order valence-electron chi connectivity index (χ4n) is 3.54. The average Bonchev–Trinajstić information content (AvgIpc) is 2.63. The molecule has 1 heterocycles. The van der Waals surface area contributed by atoms with E-state index in [2.05, 4.69) is 38.1 Å². The number of benzene rings is 1. The molecule has 3 N–H and O–H groups in total. The summed E-state index contributed by atoms with van der Waals surface area (Å²) in [5, 5.41) is 10.2. The molecular weight excluding hydrogens is 314 g/mol. The van der Waals surface area contributed by atoms with Crippen LogP contribution in [-0.4, -0.2) is 36.3 Å². The highest BCUT2D eigenvalue weighted by molar-refractivity contribution is 5.14. The summed E-state index contributed by atoms with van der Waals surface area (Å²) in [7, 11) is 0. The van der Waals surface area contributed by atoms with Crippen molar-refractivity contribution in [3.63, 3.8) is 0 Å². The van der Waals surface area contributed by atoms with Gasteiger partial charge in [0.2, 0.25) is 0 Å². The van der Waals surface area contributed by atoms with Gasteiger partial charge in [0.05, 0.1) is 18.2 Å². The molecule has 0 aromatic heterocycles. The van der Waals surface area contributed by atoms with Crippen LogP contribution in [0.1, 0.15) is 52.0 Å². The number of hydrogen-bond acceptors (Lipinski definition) is 4. The second-order valence-electron chi connectivity index (χ2n) is 7.75. The average molecular weight is 350 g/mol. The number of ether oxygens (including phenoxy) is 2. The number of rotatable bonds is 6. The zero-order valence-corrected chi connectivity index (χ0v) is 15.9. The Morgan fingerprint density at radius 1 is 1.20 bits per heavy atom. The van der Waals surface area contributed by atoms with Gasteiger partial charge in [0, 0.05) is 12.5 Å². The largest absolute Gasteiger partial charge is 0.378 e. The third-order valence-electron chi connectivity index (χ3n) is 5.22. The Morgan fingerprint density at radius 3 is 2.60 bits per heavy atom. The lowest BCUT2D eigenvalue weighted by Crippen LogP contribution is -2.41. The highest BCUT2D eigenvalue weighted by Gasteiger charge is 2.32. The molecule has 4 nitrogen and oxygen atoms in total. The summed E-state index contributed by atoms with van der Waals surface area (Å²) < 4.78 is 12.1. The van der Waals surface area contributed by atoms with Gasteiger partial charge in [0.15, 0.2) is 6.29 Å². The maximum absolute atomic E-state index is 10.2. The smallest absolute Gasteiger partial charge is 0.170 e. The molecule has 0 aliphatic carbocycles. The van der Waals surface area contributed by atoms with Gasteiger partial charge in [0.25, 0.3) is 0 Å². The van der Waals surface area contributed by atoms with E-state index in [1.165, 1.54) is 5.56 Å². The van der Waals surface area contributed by atoms with E-state index >= 15 is 0 Å². The lowest BCUT2D eigenvalue weighted by Gasteiger charge is -2.32. The van der Waals surface area contributed by atoms with Gasteiger partial charge < -0.3 is 20.3 Å². The summed E-state index contributed by atoms with van der Waals surface area (Å²) in [5.74, 6) is 0.910. The van der Waals surface area contributed by atoms with Crippen molar-refractivity contribution in [2.45, 2.75) is 77.4 Å². The fraction of sp³-hybridized carbons (Fsp3) is 0.714. The molecule has 0 bridgehead atoms. The van der Waals surface area contributed by atoms with Gasteiger partial charge in [0.1, 0.15) is 0 Å². The van der Waals surface area contributed by atoms with Crippen LogP contribution in [0.5, 0.6) is 0 Å². The summed E-state index contributed by atoms with van der Waals surface area (Å²) in [6.45, 7) is 7.10. The monoisotopic (exact) mass is 349 g/mol. The van der Waals surface area contributed by atoms with E-state index in [4.69, 9.17) is 15.2 Å². The van der Waals surface area contributed by atoms with Gasteiger partial charge in [-0.15, -0.1) is 0 Å². The van der Waals surface area contributed by atoms with E-state index in [0.29, 0.717) is 18.9 Å². The molecule has 5 atom stereocenters. The van der Waals surface area contributed by atoms with Crippen molar-refractivity contribution in [2.24, 2.45) is 17.6 Å². The van der Waals surface area contributed by atoms with E-state index in [1.807, 2.05) is 13.0 Å². The lowest BCUT2D eigenvalue weighted by molar-refractivity contribution is -0.162. The minimum atomic E-state index is -0.909. The first-order valence-electron chi connectivity index (χ1n) is 9.72. The molecule has 25 heavy (non-hydrogen) atoms. The first-order valence-corrected chi connectivity index (χ1v) is 9.72. The van der Waals surface area contributed by atoms with Crippen LogP contribution in [0.2, 0.25) is 0 Å². The summed E-state index contributed by atoms with van der Waals surface area (Å²) >= 11 is 0. The Bertz CT molecular complexity index is 479. The molecule has 1 aliphatic rings. The SMILES string of the molecule is CC(C)CC[C@H]1[C@H](C)OC(O)[C@@H](N)CCO[C@@H]1CCc1ccccc1. The van der Waals surface area contributed by atoms with Gasteiger partial charge in [-0.1, -0.05) is 50.6 Å². The molecule has 1 unspecified atom stereocenters. The minimum absolute atomic E-state index is 0.0707. The first-order chi connectivity index (χ1) is 12.0. The Morgan fingerprint density at radius 2 is 1.92 bits per heavy atom. The fourth-order valence-corrected chi connectivity index (χ4v) is 3.54. The van der Waals surface area contributed by atoms with Crippen molar-refractivity contribution in [2.75, 3.05) is 6.61 Å². The molecule has 142 valence electrons. The van der Waals surface area contributed by atoms with Crippen LogP contribution in [0.4, 0.5) is 0 Å². The molecule has 0 spiro atoms.